The van der Waals surface area contributed by atoms with E-state index in [1.807, 2.05) is 6.34 Å². The SMILES string of the molecule is C1=NC(c2cccc(-c3cccc(-n4c5ccccc5c5ccc(-c6cccc(-n7c8ccccc8c8ccccc87)c6)cc54)c3)c2)N(c2ccccc2)CN1c1ccccc1. The van der Waals surface area contributed by atoms with Crippen LogP contribution in [0.4, 0.5) is 11.4 Å². The molecule has 0 amide bonds. The van der Waals surface area contributed by atoms with Gasteiger partial charge in [-0.15, -0.1) is 0 Å². The van der Waals surface area contributed by atoms with Crippen molar-refractivity contribution in [2.45, 2.75) is 6.17 Å². The summed E-state index contributed by atoms with van der Waals surface area (Å²) in [6.07, 6.45) is 1.81. The van der Waals surface area contributed by atoms with Crippen molar-refractivity contribution in [1.29, 1.82) is 0 Å². The molecule has 1 atom stereocenters. The Hall–Kier alpha value is -8.15. The van der Waals surface area contributed by atoms with Gasteiger partial charge in [-0.1, -0.05) is 146 Å². The minimum atomic E-state index is -0.176. The Morgan fingerprint density at radius 1 is 0.339 bits per heavy atom. The molecule has 0 bridgehead atoms. The summed E-state index contributed by atoms with van der Waals surface area (Å²) in [4.78, 5) is 9.75. The van der Waals surface area contributed by atoms with Crippen LogP contribution in [0.3, 0.4) is 0 Å². The first-order valence-corrected chi connectivity index (χ1v) is 21.2. The lowest BCUT2D eigenvalue weighted by molar-refractivity contribution is 0.631. The summed E-state index contributed by atoms with van der Waals surface area (Å²) in [6.45, 7) is 0.683. The van der Waals surface area contributed by atoms with Crippen molar-refractivity contribution in [1.82, 2.24) is 9.13 Å². The van der Waals surface area contributed by atoms with Crippen LogP contribution >= 0.6 is 0 Å². The highest BCUT2D eigenvalue weighted by atomic mass is 15.4. The predicted molar refractivity (Wildman–Crippen MR) is 260 cm³/mol. The largest absolute Gasteiger partial charge is 0.328 e. The van der Waals surface area contributed by atoms with E-state index in [2.05, 4.69) is 243 Å². The van der Waals surface area contributed by atoms with Crippen LogP contribution in [0.15, 0.2) is 229 Å². The molecular weight excluding hydrogens is 755 g/mol. The summed E-state index contributed by atoms with van der Waals surface area (Å²) in [7, 11) is 0. The molecule has 62 heavy (non-hydrogen) atoms. The molecule has 12 rings (SSSR count). The summed E-state index contributed by atoms with van der Waals surface area (Å²) in [6, 6.07) is 81.0. The Morgan fingerprint density at radius 3 is 1.39 bits per heavy atom. The minimum absolute atomic E-state index is 0.176. The molecule has 0 spiro atoms. The van der Waals surface area contributed by atoms with Crippen molar-refractivity contribution < 1.29 is 0 Å². The molecule has 0 radical (unpaired) electrons. The van der Waals surface area contributed by atoms with E-state index in [1.165, 1.54) is 54.7 Å². The Bertz CT molecular complexity index is 3420. The summed E-state index contributed by atoms with van der Waals surface area (Å²) >= 11 is 0. The van der Waals surface area contributed by atoms with Gasteiger partial charge in [0.05, 0.1) is 35.1 Å². The molecule has 1 unspecified atom stereocenters. The molecule has 0 aliphatic carbocycles. The first-order valence-electron chi connectivity index (χ1n) is 21.2. The minimum Gasteiger partial charge on any atom is -0.328 e. The van der Waals surface area contributed by atoms with Crippen LogP contribution in [-0.4, -0.2) is 22.1 Å². The van der Waals surface area contributed by atoms with Crippen LogP contribution in [-0.2, 0) is 0 Å². The van der Waals surface area contributed by atoms with Crippen molar-refractivity contribution in [3.63, 3.8) is 0 Å². The second-order valence-electron chi connectivity index (χ2n) is 16.1. The number of fused-ring (bicyclic) bond motifs is 6. The fourth-order valence-corrected chi connectivity index (χ4v) is 9.54. The average Bonchev–Trinajstić information content (AvgIpc) is 3.87. The number of rotatable bonds is 7. The molecule has 0 N–H and O–H groups in total. The topological polar surface area (TPSA) is 28.7 Å². The summed E-state index contributed by atoms with van der Waals surface area (Å²) in [5.41, 5.74) is 15.1. The van der Waals surface area contributed by atoms with Crippen LogP contribution in [0, 0.1) is 0 Å². The predicted octanol–water partition coefficient (Wildman–Crippen LogP) is 14.2. The molecular formula is C57H41N5. The van der Waals surface area contributed by atoms with Gasteiger partial charge in [-0.25, -0.2) is 4.99 Å². The van der Waals surface area contributed by atoms with Crippen LogP contribution < -0.4 is 9.80 Å². The van der Waals surface area contributed by atoms with E-state index in [0.29, 0.717) is 6.67 Å². The molecule has 1 aliphatic rings. The average molecular weight is 796 g/mol. The van der Waals surface area contributed by atoms with Gasteiger partial charge in [-0.05, 0) is 107 Å². The maximum Gasteiger partial charge on any atom is 0.150 e. The summed E-state index contributed by atoms with van der Waals surface area (Å²) in [5.74, 6) is 0. The smallest absolute Gasteiger partial charge is 0.150 e. The third-order valence-corrected chi connectivity index (χ3v) is 12.4. The van der Waals surface area contributed by atoms with Gasteiger partial charge in [0, 0.05) is 44.3 Å². The van der Waals surface area contributed by atoms with Gasteiger partial charge in [0.1, 0.15) is 6.17 Å². The van der Waals surface area contributed by atoms with E-state index >= 15 is 0 Å². The molecule has 0 saturated heterocycles. The Morgan fingerprint density at radius 2 is 0.790 bits per heavy atom. The van der Waals surface area contributed by atoms with Gasteiger partial charge in [0.2, 0.25) is 0 Å². The molecule has 0 saturated carbocycles. The fourth-order valence-electron chi connectivity index (χ4n) is 9.54. The van der Waals surface area contributed by atoms with Gasteiger partial charge in [-0.2, -0.15) is 0 Å². The highest BCUT2D eigenvalue weighted by Gasteiger charge is 2.26. The molecule has 1 aliphatic heterocycles. The van der Waals surface area contributed by atoms with Gasteiger partial charge < -0.3 is 18.9 Å². The number of benzene rings is 9. The zero-order valence-electron chi connectivity index (χ0n) is 34.0. The Balaban J connectivity index is 0.939. The number of aromatic nitrogens is 2. The highest BCUT2D eigenvalue weighted by molar-refractivity contribution is 6.11. The number of para-hydroxylation sites is 5. The van der Waals surface area contributed by atoms with E-state index in [1.54, 1.807) is 0 Å². The highest BCUT2D eigenvalue weighted by Crippen LogP contribution is 2.39. The molecule has 5 nitrogen and oxygen atoms in total. The monoisotopic (exact) mass is 795 g/mol. The quantitative estimate of drug-likeness (QED) is 0.161. The van der Waals surface area contributed by atoms with E-state index < -0.39 is 0 Å². The summed E-state index contributed by atoms with van der Waals surface area (Å²) < 4.78 is 4.82. The lowest BCUT2D eigenvalue weighted by Gasteiger charge is -2.39. The van der Waals surface area contributed by atoms with Gasteiger partial charge in [0.25, 0.3) is 0 Å². The Labute approximate surface area is 360 Å². The van der Waals surface area contributed by atoms with Crippen LogP contribution in [0.1, 0.15) is 11.7 Å². The van der Waals surface area contributed by atoms with Crippen molar-refractivity contribution in [3.8, 4) is 33.6 Å². The van der Waals surface area contributed by atoms with Crippen molar-refractivity contribution in [2.24, 2.45) is 4.99 Å². The van der Waals surface area contributed by atoms with E-state index in [9.17, 15) is 0 Å². The molecule has 0 fully saturated rings. The van der Waals surface area contributed by atoms with Gasteiger partial charge in [0.15, 0.2) is 0 Å². The second-order valence-corrected chi connectivity index (χ2v) is 16.1. The van der Waals surface area contributed by atoms with E-state index in [-0.39, 0.29) is 6.17 Å². The molecule has 3 heterocycles. The fraction of sp³-hybridized carbons (Fsp3) is 0.0351. The third-order valence-electron chi connectivity index (χ3n) is 12.4. The lowest BCUT2D eigenvalue weighted by atomic mass is 10.0. The first kappa shape index (κ1) is 35.8. The van der Waals surface area contributed by atoms with Crippen LogP contribution in [0.25, 0.3) is 77.2 Å². The van der Waals surface area contributed by atoms with Crippen LogP contribution in [0.2, 0.25) is 0 Å². The normalized spacial score (nSPS) is 14.1. The van der Waals surface area contributed by atoms with Gasteiger partial charge in [-0.3, -0.25) is 0 Å². The molecule has 9 aromatic carbocycles. The second kappa shape index (κ2) is 14.8. The maximum absolute atomic E-state index is 5.18. The third kappa shape index (κ3) is 6.05. The van der Waals surface area contributed by atoms with Crippen molar-refractivity contribution in [3.05, 3.63) is 230 Å². The maximum atomic E-state index is 5.18. The molecule has 294 valence electrons. The van der Waals surface area contributed by atoms with Crippen LogP contribution in [0.5, 0.6) is 0 Å². The lowest BCUT2D eigenvalue weighted by Crippen LogP contribution is -2.43. The first-order chi connectivity index (χ1) is 30.7. The summed E-state index contributed by atoms with van der Waals surface area (Å²) in [5, 5.41) is 5.00. The molecule has 11 aromatic rings. The zero-order chi connectivity index (χ0) is 41.0. The number of nitrogens with zero attached hydrogens (tertiary/aromatic N) is 5. The number of hydrogen-bond donors (Lipinski definition) is 0. The standard InChI is InChI=1S/C57H41N5/c1-3-20-45(21-4-1)59-38-58-57(60(39-59)46-22-5-2-6-23-46)44-19-13-16-40(34-44)41-17-14-25-48(35-41)62-55-31-12-9-28-51(55)52-33-32-43(37-56(52)62)42-18-15-24-47(36-42)61-53-29-10-7-26-49(53)50-27-8-11-30-54(50)61/h1-38,57H,39H2. The molecule has 5 heteroatoms. The van der Waals surface area contributed by atoms with Crippen molar-refractivity contribution in [2.75, 3.05) is 16.5 Å². The number of aliphatic imine (C=N–C) groups is 1. The molecule has 2 aromatic heterocycles. The number of hydrogen-bond acceptors (Lipinski definition) is 3. The zero-order valence-corrected chi connectivity index (χ0v) is 34.0. The van der Waals surface area contributed by atoms with Crippen molar-refractivity contribution >= 4 is 61.3 Å². The van der Waals surface area contributed by atoms with E-state index in [4.69, 9.17) is 4.99 Å². The number of anilines is 2. The van der Waals surface area contributed by atoms with E-state index in [0.717, 1.165) is 39.4 Å². The Kier molecular flexibility index (Phi) is 8.56. The van der Waals surface area contributed by atoms with Gasteiger partial charge >= 0.3 is 0 Å².